The second-order valence-corrected chi connectivity index (χ2v) is 11.4. The number of rotatable bonds is 11. The molecule has 32 heavy (non-hydrogen) atoms. The Labute approximate surface area is 190 Å². The minimum Gasteiger partial charge on any atom is -0.497 e. The fourth-order valence-corrected chi connectivity index (χ4v) is 4.86. The van der Waals surface area contributed by atoms with E-state index in [9.17, 15) is 21.6 Å². The molecule has 176 valence electrons. The van der Waals surface area contributed by atoms with Gasteiger partial charge in [-0.2, -0.15) is 0 Å². The number of amides is 1. The second kappa shape index (κ2) is 10.8. The van der Waals surface area contributed by atoms with Gasteiger partial charge in [0, 0.05) is 25.3 Å². The summed E-state index contributed by atoms with van der Waals surface area (Å²) in [6, 6.07) is 12.9. The number of hydrogen-bond donors (Lipinski definition) is 1. The first kappa shape index (κ1) is 25.7. The van der Waals surface area contributed by atoms with Crippen molar-refractivity contribution < 1.29 is 26.4 Å². The van der Waals surface area contributed by atoms with E-state index in [2.05, 4.69) is 5.32 Å². The van der Waals surface area contributed by atoms with Crippen molar-refractivity contribution >= 4 is 31.5 Å². The van der Waals surface area contributed by atoms with Gasteiger partial charge >= 0.3 is 0 Å². The van der Waals surface area contributed by atoms with Crippen LogP contribution in [-0.2, 0) is 24.7 Å². The molecular weight excluding hydrogens is 452 g/mol. The van der Waals surface area contributed by atoms with Gasteiger partial charge in [-0.1, -0.05) is 25.1 Å². The molecule has 0 saturated carbocycles. The Balaban J connectivity index is 2.00. The number of hydrogen-bond acceptors (Lipinski definition) is 6. The summed E-state index contributed by atoms with van der Waals surface area (Å²) in [5, 5.41) is 2.94. The molecule has 0 spiro atoms. The third-order valence-corrected chi connectivity index (χ3v) is 7.28. The normalized spacial score (nSPS) is 12.8. The van der Waals surface area contributed by atoms with Crippen LogP contribution in [0.1, 0.15) is 37.8 Å². The molecule has 0 fully saturated rings. The topological polar surface area (TPSA) is 110 Å². The maximum Gasteiger partial charge on any atom is 0.232 e. The Hall–Kier alpha value is -2.59. The van der Waals surface area contributed by atoms with Crippen LogP contribution in [0, 0.1) is 0 Å². The molecule has 0 bridgehead atoms. The lowest BCUT2D eigenvalue weighted by Crippen LogP contribution is -2.33. The van der Waals surface area contributed by atoms with Crippen LogP contribution in [-0.4, -0.2) is 48.9 Å². The number of anilines is 1. The van der Waals surface area contributed by atoms with Crippen molar-refractivity contribution in [2.24, 2.45) is 0 Å². The van der Waals surface area contributed by atoms with Crippen molar-refractivity contribution in [2.75, 3.05) is 30.5 Å². The molecule has 0 heterocycles. The van der Waals surface area contributed by atoms with Gasteiger partial charge in [-0.15, -0.1) is 0 Å². The predicted octanol–water partition coefficient (Wildman–Crippen LogP) is 2.91. The van der Waals surface area contributed by atoms with Crippen LogP contribution >= 0.6 is 0 Å². The van der Waals surface area contributed by atoms with Gasteiger partial charge in [0.1, 0.15) is 5.75 Å². The van der Waals surface area contributed by atoms with E-state index in [1.165, 1.54) is 23.5 Å². The maximum absolute atomic E-state index is 12.5. The van der Waals surface area contributed by atoms with Crippen LogP contribution in [0.2, 0.25) is 0 Å². The Kier molecular flexibility index (Phi) is 8.68. The number of benzene rings is 2. The third-order valence-electron chi connectivity index (χ3n) is 4.96. The first-order valence-electron chi connectivity index (χ1n) is 10.2. The molecule has 1 amide bonds. The van der Waals surface area contributed by atoms with Crippen LogP contribution in [0.5, 0.6) is 5.75 Å². The standard InChI is InChI=1S/C22H30N2O6S2/c1-5-21(17-11-13-20(14-12-17)31(3,26)27)23-22(25)10-7-15-24(32(4,28)29)18-8-6-9-19(16-18)30-2/h6,8-9,11-14,16,21H,5,7,10,15H2,1-4H3,(H,23,25)/t21-/m0/s1. The van der Waals surface area contributed by atoms with Crippen molar-refractivity contribution in [3.05, 3.63) is 54.1 Å². The number of carbonyl (C=O) groups is 1. The summed E-state index contributed by atoms with van der Waals surface area (Å²) in [6.45, 7) is 2.07. The Bertz CT molecular complexity index is 1130. The molecule has 2 aromatic rings. The Morgan fingerprint density at radius 1 is 1.06 bits per heavy atom. The van der Waals surface area contributed by atoms with Gasteiger partial charge in [-0.3, -0.25) is 9.10 Å². The SMILES string of the molecule is CC[C@H](NC(=O)CCCN(c1cccc(OC)c1)S(C)(=O)=O)c1ccc(S(C)(=O)=O)cc1. The van der Waals surface area contributed by atoms with Crippen LogP contribution in [0.3, 0.4) is 0 Å². The zero-order chi connectivity index (χ0) is 23.9. The predicted molar refractivity (Wildman–Crippen MR) is 125 cm³/mol. The fraction of sp³-hybridized carbons (Fsp3) is 0.409. The number of carbonyl (C=O) groups excluding carboxylic acids is 1. The molecule has 0 aromatic heterocycles. The molecule has 0 aliphatic heterocycles. The lowest BCUT2D eigenvalue weighted by atomic mass is 10.0. The fourth-order valence-electron chi connectivity index (χ4n) is 3.27. The van der Waals surface area contributed by atoms with Crippen LogP contribution in [0.4, 0.5) is 5.69 Å². The van der Waals surface area contributed by atoms with Crippen molar-refractivity contribution in [1.82, 2.24) is 5.32 Å². The largest absolute Gasteiger partial charge is 0.497 e. The van der Waals surface area contributed by atoms with Gasteiger partial charge in [-0.05, 0) is 42.7 Å². The average Bonchev–Trinajstić information content (AvgIpc) is 2.73. The molecule has 1 atom stereocenters. The molecule has 2 aromatic carbocycles. The lowest BCUT2D eigenvalue weighted by molar-refractivity contribution is -0.121. The molecular formula is C22H30N2O6S2. The zero-order valence-corrected chi connectivity index (χ0v) is 20.4. The van der Waals surface area contributed by atoms with E-state index in [1.807, 2.05) is 6.92 Å². The van der Waals surface area contributed by atoms with E-state index in [0.29, 0.717) is 24.3 Å². The highest BCUT2D eigenvalue weighted by atomic mass is 32.2. The number of nitrogens with one attached hydrogen (secondary N) is 1. The first-order chi connectivity index (χ1) is 15.0. The number of methoxy groups -OCH3 is 1. The molecule has 0 unspecified atom stereocenters. The van der Waals surface area contributed by atoms with Crippen LogP contribution in [0.15, 0.2) is 53.4 Å². The molecule has 0 aliphatic carbocycles. The summed E-state index contributed by atoms with van der Waals surface area (Å²) in [4.78, 5) is 12.7. The quantitative estimate of drug-likeness (QED) is 0.527. The van der Waals surface area contributed by atoms with E-state index in [1.54, 1.807) is 36.4 Å². The van der Waals surface area contributed by atoms with Gasteiger partial charge in [0.2, 0.25) is 15.9 Å². The van der Waals surface area contributed by atoms with E-state index in [-0.39, 0.29) is 29.8 Å². The Morgan fingerprint density at radius 2 is 1.72 bits per heavy atom. The molecule has 1 N–H and O–H groups in total. The first-order valence-corrected chi connectivity index (χ1v) is 13.9. The van der Waals surface area contributed by atoms with Gasteiger partial charge in [-0.25, -0.2) is 16.8 Å². The molecule has 10 heteroatoms. The number of ether oxygens (including phenoxy) is 1. The molecule has 8 nitrogen and oxygen atoms in total. The lowest BCUT2D eigenvalue weighted by Gasteiger charge is -2.23. The summed E-state index contributed by atoms with van der Waals surface area (Å²) < 4.78 is 54.2. The second-order valence-electron chi connectivity index (χ2n) is 7.51. The highest BCUT2D eigenvalue weighted by molar-refractivity contribution is 7.92. The van der Waals surface area contributed by atoms with E-state index in [4.69, 9.17) is 4.74 Å². The monoisotopic (exact) mass is 482 g/mol. The van der Waals surface area contributed by atoms with Gasteiger partial charge in [0.15, 0.2) is 9.84 Å². The van der Waals surface area contributed by atoms with E-state index < -0.39 is 19.9 Å². The summed E-state index contributed by atoms with van der Waals surface area (Å²) in [5.74, 6) is 0.338. The number of sulfone groups is 1. The van der Waals surface area contributed by atoms with E-state index >= 15 is 0 Å². The highest BCUT2D eigenvalue weighted by Gasteiger charge is 2.19. The van der Waals surface area contributed by atoms with Crippen LogP contribution in [0.25, 0.3) is 0 Å². The van der Waals surface area contributed by atoms with Gasteiger partial charge < -0.3 is 10.1 Å². The third kappa shape index (κ3) is 7.23. The minimum absolute atomic E-state index is 0.147. The van der Waals surface area contributed by atoms with Crippen molar-refractivity contribution in [2.45, 2.75) is 37.1 Å². The van der Waals surface area contributed by atoms with Crippen molar-refractivity contribution in [3.63, 3.8) is 0 Å². The average molecular weight is 483 g/mol. The zero-order valence-electron chi connectivity index (χ0n) is 18.7. The molecule has 0 radical (unpaired) electrons. The van der Waals surface area contributed by atoms with Gasteiger partial charge in [0.25, 0.3) is 0 Å². The minimum atomic E-state index is -3.53. The smallest absolute Gasteiger partial charge is 0.232 e. The maximum atomic E-state index is 12.5. The summed E-state index contributed by atoms with van der Waals surface area (Å²) in [5.41, 5.74) is 1.28. The molecule has 0 saturated heterocycles. The highest BCUT2D eigenvalue weighted by Crippen LogP contribution is 2.24. The summed E-state index contributed by atoms with van der Waals surface area (Å²) >= 11 is 0. The van der Waals surface area contributed by atoms with Crippen molar-refractivity contribution in [1.29, 1.82) is 0 Å². The summed E-state index contributed by atoms with van der Waals surface area (Å²) in [7, 11) is -5.31. The van der Waals surface area contributed by atoms with Crippen LogP contribution < -0.4 is 14.4 Å². The molecule has 0 aliphatic rings. The number of nitrogens with zero attached hydrogens (tertiary/aromatic N) is 1. The number of sulfonamides is 1. The van der Waals surface area contributed by atoms with Crippen molar-refractivity contribution in [3.8, 4) is 5.75 Å². The summed E-state index contributed by atoms with van der Waals surface area (Å²) in [6.07, 6.45) is 3.38. The molecule has 2 rings (SSSR count). The van der Waals surface area contributed by atoms with E-state index in [0.717, 1.165) is 18.1 Å². The van der Waals surface area contributed by atoms with Gasteiger partial charge in [0.05, 0.1) is 30.0 Å². The Morgan fingerprint density at radius 3 is 2.25 bits per heavy atom.